The highest BCUT2D eigenvalue weighted by Gasteiger charge is 2.21. The van der Waals surface area contributed by atoms with E-state index < -0.39 is 0 Å². The van der Waals surface area contributed by atoms with Crippen molar-refractivity contribution >= 4 is 36.7 Å². The van der Waals surface area contributed by atoms with Gasteiger partial charge in [0.25, 0.3) is 0 Å². The molecule has 2 N–H and O–H groups in total. The summed E-state index contributed by atoms with van der Waals surface area (Å²) in [4.78, 5) is 9.24. The van der Waals surface area contributed by atoms with Crippen molar-refractivity contribution in [3.8, 4) is 23.0 Å². The summed E-state index contributed by atoms with van der Waals surface area (Å²) in [5, 5.41) is 12.8. The van der Waals surface area contributed by atoms with Gasteiger partial charge in [-0.2, -0.15) is 0 Å². The van der Waals surface area contributed by atoms with Crippen LogP contribution in [0.4, 0.5) is 5.82 Å². The van der Waals surface area contributed by atoms with E-state index in [-0.39, 0.29) is 0 Å². The Morgan fingerprint density at radius 1 is 1.17 bits per heavy atom. The van der Waals surface area contributed by atoms with Crippen LogP contribution in [0.15, 0.2) is 59.1 Å². The number of benzene rings is 2. The molecule has 2 aromatic carbocycles. The van der Waals surface area contributed by atoms with Gasteiger partial charge in [-0.3, -0.25) is 0 Å². The summed E-state index contributed by atoms with van der Waals surface area (Å²) in [5.41, 5.74) is 4.49. The molecule has 0 spiro atoms. The first-order chi connectivity index (χ1) is 17.2. The normalized spacial score (nSPS) is 16.5. The molecule has 0 radical (unpaired) electrons. The van der Waals surface area contributed by atoms with Crippen LogP contribution in [0.25, 0.3) is 33.6 Å². The smallest absolute Gasteiger partial charge is 0.227 e. The number of aryl methyl sites for hydroxylation is 1. The van der Waals surface area contributed by atoms with E-state index in [2.05, 4.69) is 27.3 Å². The molecule has 1 fully saturated rings. The van der Waals surface area contributed by atoms with Gasteiger partial charge in [0.1, 0.15) is 22.4 Å². The van der Waals surface area contributed by atoms with Crippen LogP contribution in [0.3, 0.4) is 0 Å². The van der Waals surface area contributed by atoms with Crippen LogP contribution in [-0.2, 0) is 0 Å². The maximum atomic E-state index is 6.35. The fourth-order valence-corrected chi connectivity index (χ4v) is 5.11. The molecule has 1 saturated heterocycles. The summed E-state index contributed by atoms with van der Waals surface area (Å²) in [6.45, 7) is 6.12. The van der Waals surface area contributed by atoms with Crippen LogP contribution >= 0.6 is 8.73 Å². The largest absolute Gasteiger partial charge is 0.456 e. The molecule has 1 aliphatic heterocycles. The number of pyridine rings is 1. The highest BCUT2D eigenvalue weighted by Crippen LogP contribution is 2.37. The number of hydrogen-bond donors (Lipinski definition) is 2. The minimum Gasteiger partial charge on any atom is -0.456 e. The van der Waals surface area contributed by atoms with Crippen molar-refractivity contribution in [2.75, 3.05) is 25.1 Å². The first kappa shape index (κ1) is 22.0. The molecule has 4 heterocycles. The van der Waals surface area contributed by atoms with E-state index in [1.807, 2.05) is 59.9 Å². The number of rotatable bonds is 6. The van der Waals surface area contributed by atoms with Gasteiger partial charge in [-0.25, -0.2) is 14.4 Å². The minimum absolute atomic E-state index is 0.336. The Labute approximate surface area is 204 Å². The van der Waals surface area contributed by atoms with Gasteiger partial charge in [-0.1, -0.05) is 12.1 Å². The van der Waals surface area contributed by atoms with E-state index in [9.17, 15) is 0 Å². The fourth-order valence-electron chi connectivity index (χ4n) is 4.53. The first-order valence-corrected chi connectivity index (χ1v) is 13.3. The van der Waals surface area contributed by atoms with Gasteiger partial charge in [0, 0.05) is 39.1 Å². The Morgan fingerprint density at radius 2 is 2.06 bits per heavy atom. The Hall–Kier alpha value is -3.48. The monoisotopic (exact) mass is 486 g/mol. The Balaban J connectivity index is 1.30. The quantitative estimate of drug-likeness (QED) is 0.303. The van der Waals surface area contributed by atoms with Crippen molar-refractivity contribution in [1.82, 2.24) is 24.8 Å². The lowest BCUT2D eigenvalue weighted by molar-refractivity contribution is 0.478. The number of oxazole rings is 1. The first-order valence-electron chi connectivity index (χ1n) is 11.9. The third-order valence-electron chi connectivity index (χ3n) is 6.32. The van der Waals surface area contributed by atoms with E-state index in [1.54, 1.807) is 6.20 Å². The SMILES string of the molecule is CPn1nc(NC2CCCNC2)c2c(Oc3ccc(-c4nc5cccc(C)c5o4)cc3)ccnc21. The third kappa shape index (κ3) is 4.24. The van der Waals surface area contributed by atoms with Gasteiger partial charge in [0.05, 0.1) is 0 Å². The number of para-hydroxylation sites is 1. The van der Waals surface area contributed by atoms with Gasteiger partial charge >= 0.3 is 0 Å². The highest BCUT2D eigenvalue weighted by atomic mass is 31.1. The van der Waals surface area contributed by atoms with E-state index in [0.29, 0.717) is 20.7 Å². The number of aromatic nitrogens is 4. The zero-order valence-corrected chi connectivity index (χ0v) is 20.7. The van der Waals surface area contributed by atoms with Gasteiger partial charge in [0.2, 0.25) is 5.89 Å². The Bertz CT molecular complexity index is 1490. The highest BCUT2D eigenvalue weighted by molar-refractivity contribution is 7.35. The number of piperidine rings is 1. The second kappa shape index (κ2) is 9.29. The molecule has 178 valence electrons. The summed E-state index contributed by atoms with van der Waals surface area (Å²) in [6.07, 6.45) is 4.04. The van der Waals surface area contributed by atoms with Gasteiger partial charge < -0.3 is 19.8 Å². The molecule has 8 nitrogen and oxygen atoms in total. The fraction of sp³-hybridized carbons (Fsp3) is 0.269. The molecule has 3 aromatic heterocycles. The maximum absolute atomic E-state index is 6.35. The summed E-state index contributed by atoms with van der Waals surface area (Å²) in [7, 11) is 0.472. The van der Waals surface area contributed by atoms with Crippen molar-refractivity contribution < 1.29 is 9.15 Å². The summed E-state index contributed by atoms with van der Waals surface area (Å²) < 4.78 is 14.3. The molecule has 0 saturated carbocycles. The number of hydrogen-bond acceptors (Lipinski definition) is 7. The number of nitrogens with zero attached hydrogens (tertiary/aromatic N) is 4. The second-order valence-electron chi connectivity index (χ2n) is 8.75. The summed E-state index contributed by atoms with van der Waals surface area (Å²) >= 11 is 0. The van der Waals surface area contributed by atoms with Gasteiger partial charge in [-0.05, 0) is 68.9 Å². The van der Waals surface area contributed by atoms with Crippen molar-refractivity contribution in [3.63, 3.8) is 0 Å². The molecule has 0 amide bonds. The molecular formula is C26H27N6O2P. The molecule has 9 heteroatoms. The van der Waals surface area contributed by atoms with Crippen LogP contribution in [-0.4, -0.2) is 45.3 Å². The van der Waals surface area contributed by atoms with Crippen LogP contribution in [0.2, 0.25) is 0 Å². The van der Waals surface area contributed by atoms with Crippen molar-refractivity contribution in [1.29, 1.82) is 0 Å². The Morgan fingerprint density at radius 3 is 2.83 bits per heavy atom. The molecular weight excluding hydrogens is 459 g/mol. The standard InChI is InChI=1S/C26H27N6O2P/c1-16-5-3-7-20-23(16)34-26(30-20)17-8-10-19(11-9-17)33-21-12-14-28-25-22(21)24(31-32(25)35-2)29-18-6-4-13-27-15-18/h3,5,7-12,14,18,27,35H,4,6,13,15H2,1-2H3,(H,29,31). The molecule has 0 aliphatic carbocycles. The predicted octanol–water partition coefficient (Wildman–Crippen LogP) is 5.58. The lowest BCUT2D eigenvalue weighted by Crippen LogP contribution is -2.38. The van der Waals surface area contributed by atoms with E-state index in [1.165, 1.54) is 0 Å². The van der Waals surface area contributed by atoms with Crippen LogP contribution in [0, 0.1) is 6.92 Å². The Kier molecular flexibility index (Phi) is 5.84. The topological polar surface area (TPSA) is 90.0 Å². The number of ether oxygens (including phenoxy) is 1. The molecule has 2 unspecified atom stereocenters. The van der Waals surface area contributed by atoms with Gasteiger partial charge in [-0.15, -0.1) is 5.10 Å². The molecule has 1 aliphatic rings. The van der Waals surface area contributed by atoms with Crippen LogP contribution in [0.1, 0.15) is 18.4 Å². The average Bonchev–Trinajstić information content (AvgIpc) is 3.48. The molecule has 0 bridgehead atoms. The van der Waals surface area contributed by atoms with E-state index >= 15 is 0 Å². The number of fused-ring (bicyclic) bond motifs is 2. The number of anilines is 1. The van der Waals surface area contributed by atoms with Crippen molar-refractivity contribution in [2.24, 2.45) is 0 Å². The maximum Gasteiger partial charge on any atom is 0.227 e. The van der Waals surface area contributed by atoms with Crippen LogP contribution in [0.5, 0.6) is 11.5 Å². The average molecular weight is 487 g/mol. The van der Waals surface area contributed by atoms with Crippen molar-refractivity contribution in [3.05, 3.63) is 60.3 Å². The van der Waals surface area contributed by atoms with E-state index in [0.717, 1.165) is 76.5 Å². The molecule has 35 heavy (non-hydrogen) atoms. The lowest BCUT2D eigenvalue weighted by atomic mass is 10.1. The zero-order valence-electron chi connectivity index (χ0n) is 19.7. The molecule has 5 aromatic rings. The summed E-state index contributed by atoms with van der Waals surface area (Å²) in [5.74, 6) is 2.89. The van der Waals surface area contributed by atoms with E-state index in [4.69, 9.17) is 14.3 Å². The molecule has 6 rings (SSSR count). The number of nitrogens with one attached hydrogen (secondary N) is 2. The van der Waals surface area contributed by atoms with Gasteiger partial charge in [0.15, 0.2) is 17.0 Å². The predicted molar refractivity (Wildman–Crippen MR) is 141 cm³/mol. The third-order valence-corrected chi connectivity index (χ3v) is 7.06. The van der Waals surface area contributed by atoms with Crippen molar-refractivity contribution in [2.45, 2.75) is 25.8 Å². The zero-order chi connectivity index (χ0) is 23.8. The lowest BCUT2D eigenvalue weighted by Gasteiger charge is -2.23. The summed E-state index contributed by atoms with van der Waals surface area (Å²) in [6, 6.07) is 16.0. The second-order valence-corrected chi connectivity index (χ2v) is 9.62. The molecule has 2 atom stereocenters. The minimum atomic E-state index is 0.336. The van der Waals surface area contributed by atoms with Crippen LogP contribution < -0.4 is 15.4 Å².